The van der Waals surface area contributed by atoms with Gasteiger partial charge in [0.05, 0.1) is 0 Å². The number of para-hydroxylation sites is 1. The number of nitrogens with one attached hydrogen (secondary N) is 1. The number of amides is 1. The molecule has 5 nitrogen and oxygen atoms in total. The van der Waals surface area contributed by atoms with Gasteiger partial charge in [0.2, 0.25) is 0 Å². The Kier molecular flexibility index (Phi) is 6.16. The molecule has 0 saturated heterocycles. The largest absolute Gasteiger partial charge is 0.451 e. The van der Waals surface area contributed by atoms with E-state index in [1.165, 1.54) is 0 Å². The van der Waals surface area contributed by atoms with Crippen molar-refractivity contribution in [2.24, 2.45) is 5.41 Å². The molecule has 0 aliphatic rings. The Morgan fingerprint density at radius 2 is 1.52 bits per heavy atom. The Bertz CT molecular complexity index is 1300. The van der Waals surface area contributed by atoms with Crippen molar-refractivity contribution in [3.8, 4) is 11.1 Å². The number of hydrogen-bond acceptors (Lipinski definition) is 4. The molecule has 0 fully saturated rings. The number of carbonyl (C=O) groups excluding carboxylic acids is 2. The number of ketones is 1. The number of carbonyl (C=O) groups is 2. The van der Waals surface area contributed by atoms with Crippen molar-refractivity contribution in [1.29, 1.82) is 0 Å². The maximum Gasteiger partial charge on any atom is 0.291 e. The summed E-state index contributed by atoms with van der Waals surface area (Å²) in [6.45, 7) is 5.59. The summed E-state index contributed by atoms with van der Waals surface area (Å²) in [4.78, 5) is 25.2. The molecule has 1 amide bonds. The zero-order valence-electron chi connectivity index (χ0n) is 19.0. The minimum absolute atomic E-state index is 0.0135. The molecule has 3 aromatic carbocycles. The van der Waals surface area contributed by atoms with Gasteiger partial charge in [0.1, 0.15) is 5.58 Å². The number of benzene rings is 3. The van der Waals surface area contributed by atoms with Crippen LogP contribution in [-0.4, -0.2) is 23.4 Å². The second kappa shape index (κ2) is 9.04. The molecule has 0 saturated carbocycles. The summed E-state index contributed by atoms with van der Waals surface area (Å²) in [6.07, 6.45) is 0.294. The van der Waals surface area contributed by atoms with Gasteiger partial charge in [-0.25, -0.2) is 0 Å². The van der Waals surface area contributed by atoms with Crippen molar-refractivity contribution in [2.75, 3.05) is 11.9 Å². The Labute approximate surface area is 193 Å². The Hall–Kier alpha value is -3.70. The molecular formula is C28H27NO4. The molecule has 1 aromatic heterocycles. The van der Waals surface area contributed by atoms with Crippen molar-refractivity contribution in [3.63, 3.8) is 0 Å². The smallest absolute Gasteiger partial charge is 0.291 e. The van der Waals surface area contributed by atoms with Crippen LogP contribution < -0.4 is 5.32 Å². The van der Waals surface area contributed by atoms with Gasteiger partial charge in [-0.2, -0.15) is 0 Å². The van der Waals surface area contributed by atoms with E-state index in [0.717, 1.165) is 22.1 Å². The molecule has 0 spiro atoms. The Morgan fingerprint density at radius 1 is 0.909 bits per heavy atom. The van der Waals surface area contributed by atoms with Gasteiger partial charge in [0, 0.05) is 35.2 Å². The maximum atomic E-state index is 12.7. The first-order valence-corrected chi connectivity index (χ1v) is 10.9. The van der Waals surface area contributed by atoms with E-state index in [-0.39, 0.29) is 18.3 Å². The van der Waals surface area contributed by atoms with Crippen LogP contribution in [0.15, 0.2) is 77.2 Å². The summed E-state index contributed by atoms with van der Waals surface area (Å²) >= 11 is 0. The average Bonchev–Trinajstić information content (AvgIpc) is 3.16. The predicted molar refractivity (Wildman–Crippen MR) is 131 cm³/mol. The molecule has 33 heavy (non-hydrogen) atoms. The Balaban J connectivity index is 1.45. The summed E-state index contributed by atoms with van der Waals surface area (Å²) in [7, 11) is 0. The number of rotatable bonds is 7. The van der Waals surface area contributed by atoms with Crippen LogP contribution in [0.5, 0.6) is 0 Å². The third kappa shape index (κ3) is 4.89. The topological polar surface area (TPSA) is 79.5 Å². The fraction of sp³-hybridized carbons (Fsp3) is 0.214. The molecule has 4 aromatic rings. The summed E-state index contributed by atoms with van der Waals surface area (Å²) in [5.41, 5.74) is 4.32. The zero-order chi connectivity index (χ0) is 23.6. The second-order valence-electron chi connectivity index (χ2n) is 9.08. The highest BCUT2D eigenvalue weighted by atomic mass is 16.3. The minimum atomic E-state index is -0.434. The summed E-state index contributed by atoms with van der Waals surface area (Å²) in [5.74, 6) is 0.0366. The van der Waals surface area contributed by atoms with Crippen molar-refractivity contribution < 1.29 is 19.1 Å². The van der Waals surface area contributed by atoms with E-state index < -0.39 is 5.41 Å². The van der Waals surface area contributed by atoms with Crippen LogP contribution in [0.25, 0.3) is 22.1 Å². The van der Waals surface area contributed by atoms with Crippen molar-refractivity contribution in [2.45, 2.75) is 27.2 Å². The third-order valence-electron chi connectivity index (χ3n) is 5.80. The molecule has 0 bridgehead atoms. The fourth-order valence-electron chi connectivity index (χ4n) is 3.77. The van der Waals surface area contributed by atoms with Gasteiger partial charge in [-0.05, 0) is 41.7 Å². The number of anilines is 1. The number of aryl methyl sites for hydroxylation is 1. The first-order valence-electron chi connectivity index (χ1n) is 10.9. The number of furan rings is 1. The molecule has 0 aliphatic heterocycles. The highest BCUT2D eigenvalue weighted by Gasteiger charge is 2.22. The Morgan fingerprint density at radius 3 is 2.12 bits per heavy atom. The second-order valence-corrected chi connectivity index (χ2v) is 9.08. The molecule has 0 aliphatic carbocycles. The van der Waals surface area contributed by atoms with Gasteiger partial charge >= 0.3 is 0 Å². The molecule has 0 radical (unpaired) electrons. The van der Waals surface area contributed by atoms with Crippen molar-refractivity contribution >= 4 is 28.3 Å². The number of aliphatic hydroxyl groups excluding tert-OH is 1. The van der Waals surface area contributed by atoms with Crippen LogP contribution in [0.1, 0.15) is 46.7 Å². The van der Waals surface area contributed by atoms with E-state index in [1.807, 2.05) is 93.6 Å². The highest BCUT2D eigenvalue weighted by Crippen LogP contribution is 2.27. The SMILES string of the molecule is Cc1c(C(=O)Nc2ccc(-c3ccc(C(=O)CC(C)(C)CO)cc3)cc2)oc2ccccc12. The monoisotopic (exact) mass is 441 g/mol. The standard InChI is InChI=1S/C28H27NO4/c1-18-23-6-4-5-7-25(23)33-26(18)27(32)29-22-14-12-20(13-15-22)19-8-10-21(11-9-19)24(31)16-28(2,3)17-30/h4-15,30H,16-17H2,1-3H3,(H,29,32). The maximum absolute atomic E-state index is 12.7. The highest BCUT2D eigenvalue weighted by molar-refractivity contribution is 6.06. The summed E-state index contributed by atoms with van der Waals surface area (Å²) in [6, 6.07) is 22.5. The molecular weight excluding hydrogens is 414 g/mol. The molecule has 2 N–H and O–H groups in total. The lowest BCUT2D eigenvalue weighted by molar-refractivity contribution is 0.0858. The molecule has 0 atom stereocenters. The van der Waals surface area contributed by atoms with Crippen LogP contribution in [0, 0.1) is 12.3 Å². The van der Waals surface area contributed by atoms with E-state index in [9.17, 15) is 14.7 Å². The van der Waals surface area contributed by atoms with Gasteiger partial charge < -0.3 is 14.8 Å². The lowest BCUT2D eigenvalue weighted by Crippen LogP contribution is -2.21. The number of fused-ring (bicyclic) bond motifs is 1. The molecule has 1 heterocycles. The molecule has 168 valence electrons. The van der Waals surface area contributed by atoms with Gasteiger partial charge in [0.15, 0.2) is 11.5 Å². The van der Waals surface area contributed by atoms with Gasteiger partial charge in [0.25, 0.3) is 5.91 Å². The van der Waals surface area contributed by atoms with E-state index >= 15 is 0 Å². The van der Waals surface area contributed by atoms with Crippen LogP contribution in [-0.2, 0) is 0 Å². The minimum Gasteiger partial charge on any atom is -0.451 e. The first kappa shape index (κ1) is 22.5. The third-order valence-corrected chi connectivity index (χ3v) is 5.80. The normalized spacial score (nSPS) is 11.5. The van der Waals surface area contributed by atoms with Crippen LogP contribution in [0.4, 0.5) is 5.69 Å². The summed E-state index contributed by atoms with van der Waals surface area (Å²) in [5, 5.41) is 13.2. The van der Waals surface area contributed by atoms with Crippen molar-refractivity contribution in [1.82, 2.24) is 0 Å². The van der Waals surface area contributed by atoms with E-state index in [4.69, 9.17) is 4.42 Å². The lowest BCUT2D eigenvalue weighted by atomic mass is 9.86. The summed E-state index contributed by atoms with van der Waals surface area (Å²) < 4.78 is 5.74. The number of hydrogen-bond donors (Lipinski definition) is 2. The van der Waals surface area contributed by atoms with E-state index in [1.54, 1.807) is 0 Å². The molecule has 5 heteroatoms. The fourth-order valence-corrected chi connectivity index (χ4v) is 3.77. The van der Waals surface area contributed by atoms with Crippen LogP contribution in [0.2, 0.25) is 0 Å². The van der Waals surface area contributed by atoms with Gasteiger partial charge in [-0.15, -0.1) is 0 Å². The molecule has 0 unspecified atom stereocenters. The number of Topliss-reactive ketones (excluding diaryl/α,β-unsaturated/α-hetero) is 1. The predicted octanol–water partition coefficient (Wildman–Crippen LogP) is 6.25. The van der Waals surface area contributed by atoms with Gasteiger partial charge in [-0.3, -0.25) is 9.59 Å². The first-order chi connectivity index (χ1) is 15.8. The van der Waals surface area contributed by atoms with Crippen molar-refractivity contribution in [3.05, 3.63) is 89.7 Å². The van der Waals surface area contributed by atoms with Crippen LogP contribution in [0.3, 0.4) is 0 Å². The zero-order valence-corrected chi connectivity index (χ0v) is 19.0. The van der Waals surface area contributed by atoms with E-state index in [0.29, 0.717) is 29.0 Å². The van der Waals surface area contributed by atoms with Crippen LogP contribution >= 0.6 is 0 Å². The molecule has 4 rings (SSSR count). The average molecular weight is 442 g/mol. The lowest BCUT2D eigenvalue weighted by Gasteiger charge is -2.20. The van der Waals surface area contributed by atoms with Gasteiger partial charge in [-0.1, -0.05) is 68.4 Å². The van der Waals surface area contributed by atoms with E-state index in [2.05, 4.69) is 5.32 Å². The quantitative estimate of drug-likeness (QED) is 0.332. The number of aliphatic hydroxyl groups is 1.